The summed E-state index contributed by atoms with van der Waals surface area (Å²) in [5.74, 6) is 0.00480. The Hall–Kier alpha value is -3.00. The van der Waals surface area contributed by atoms with E-state index >= 15 is 0 Å². The highest BCUT2D eigenvalue weighted by molar-refractivity contribution is 5.99. The van der Waals surface area contributed by atoms with Gasteiger partial charge in [0.05, 0.1) is 0 Å². The number of Topliss-reactive ketones (excluding diaryl/α,β-unsaturated/α-hetero) is 1. The van der Waals surface area contributed by atoms with Gasteiger partial charge in [-0.05, 0) is 22.4 Å². The summed E-state index contributed by atoms with van der Waals surface area (Å²) in [5, 5.41) is 2.35. The Kier molecular flexibility index (Phi) is 4.44. The van der Waals surface area contributed by atoms with E-state index in [0.29, 0.717) is 17.5 Å². The molecule has 0 saturated heterocycles. The molecule has 0 saturated carbocycles. The lowest BCUT2D eigenvalue weighted by Crippen LogP contribution is -1.97. The minimum absolute atomic E-state index is 0.00480. The second-order valence-corrected chi connectivity index (χ2v) is 5.34. The van der Waals surface area contributed by atoms with Crippen molar-refractivity contribution in [3.63, 3.8) is 0 Å². The van der Waals surface area contributed by atoms with Crippen molar-refractivity contribution in [1.29, 1.82) is 0 Å². The van der Waals surface area contributed by atoms with Crippen LogP contribution in [-0.2, 0) is 0 Å². The maximum Gasteiger partial charge on any atom is 0.166 e. The largest absolute Gasteiger partial charge is 0.298 e. The molecule has 0 unspecified atom stereocenters. The van der Waals surface area contributed by atoms with Gasteiger partial charge >= 0.3 is 0 Å². The van der Waals surface area contributed by atoms with Gasteiger partial charge in [-0.2, -0.15) is 0 Å². The second kappa shape index (κ2) is 6.84. The molecule has 0 aliphatic heterocycles. The molecule has 0 amide bonds. The molecule has 23 heavy (non-hydrogen) atoms. The van der Waals surface area contributed by atoms with Crippen LogP contribution in [0.4, 0.5) is 0 Å². The van der Waals surface area contributed by atoms with Crippen LogP contribution in [0.15, 0.2) is 72.8 Å². The Morgan fingerprint density at radius 3 is 2.57 bits per heavy atom. The number of rotatable bonds is 5. The molecule has 0 bridgehead atoms. The van der Waals surface area contributed by atoms with Crippen molar-refractivity contribution >= 4 is 28.9 Å². The smallest absolute Gasteiger partial charge is 0.166 e. The molecule has 3 aromatic carbocycles. The van der Waals surface area contributed by atoms with E-state index in [1.165, 1.54) is 10.8 Å². The Balaban J connectivity index is 1.77. The summed E-state index contributed by atoms with van der Waals surface area (Å²) in [4.78, 5) is 23.0. The van der Waals surface area contributed by atoms with Crippen LogP contribution in [0.5, 0.6) is 0 Å². The molecule has 0 radical (unpaired) electrons. The van der Waals surface area contributed by atoms with Crippen LogP contribution in [0.1, 0.15) is 32.7 Å². The van der Waals surface area contributed by atoms with Crippen molar-refractivity contribution in [2.75, 3.05) is 0 Å². The normalized spacial score (nSPS) is 11.0. The molecule has 0 fully saturated rings. The summed E-state index contributed by atoms with van der Waals surface area (Å²) in [5.41, 5.74) is 2.18. The van der Waals surface area contributed by atoms with E-state index in [2.05, 4.69) is 18.2 Å². The molecule has 0 aromatic heterocycles. The van der Waals surface area contributed by atoms with Crippen molar-refractivity contribution in [1.82, 2.24) is 0 Å². The maximum absolute atomic E-state index is 12.2. The molecule has 2 nitrogen and oxygen atoms in total. The van der Waals surface area contributed by atoms with Crippen molar-refractivity contribution < 1.29 is 9.59 Å². The van der Waals surface area contributed by atoms with Crippen LogP contribution in [-0.4, -0.2) is 12.1 Å². The first-order valence-corrected chi connectivity index (χ1v) is 7.51. The molecule has 112 valence electrons. The second-order valence-electron chi connectivity index (χ2n) is 5.34. The van der Waals surface area contributed by atoms with Gasteiger partial charge in [0.2, 0.25) is 0 Å². The van der Waals surface area contributed by atoms with Crippen LogP contribution in [0.25, 0.3) is 16.8 Å². The Morgan fingerprint density at radius 1 is 0.913 bits per heavy atom. The van der Waals surface area contributed by atoms with Crippen molar-refractivity contribution in [2.45, 2.75) is 6.42 Å². The highest BCUT2D eigenvalue weighted by atomic mass is 16.1. The van der Waals surface area contributed by atoms with E-state index in [0.717, 1.165) is 11.8 Å². The molecular weight excluding hydrogens is 284 g/mol. The lowest BCUT2D eigenvalue weighted by Gasteiger charge is -2.02. The SMILES string of the molecule is O=Cc1cccc(C(=O)CC=Cc2cccc3ccccc23)c1. The summed E-state index contributed by atoms with van der Waals surface area (Å²) >= 11 is 0. The number of hydrogen-bond donors (Lipinski definition) is 0. The number of aldehydes is 1. The fraction of sp³-hybridized carbons (Fsp3) is 0.0476. The summed E-state index contributed by atoms with van der Waals surface area (Å²) < 4.78 is 0. The standard InChI is InChI=1S/C21H16O2/c22-15-16-6-3-11-19(14-16)21(23)13-5-10-18-9-4-8-17-7-1-2-12-20(17)18/h1-12,14-15H,13H2. The zero-order chi connectivity index (χ0) is 16.1. The number of carbonyl (C=O) groups is 2. The topological polar surface area (TPSA) is 34.1 Å². The third-order valence-electron chi connectivity index (χ3n) is 3.77. The fourth-order valence-corrected chi connectivity index (χ4v) is 2.59. The van der Waals surface area contributed by atoms with Crippen LogP contribution in [0.3, 0.4) is 0 Å². The Bertz CT molecular complexity index is 886. The monoisotopic (exact) mass is 300 g/mol. The van der Waals surface area contributed by atoms with E-state index in [1.54, 1.807) is 24.3 Å². The number of fused-ring (bicyclic) bond motifs is 1. The summed E-state index contributed by atoms with van der Waals surface area (Å²) in [6, 6.07) is 21.1. The zero-order valence-corrected chi connectivity index (χ0v) is 12.6. The van der Waals surface area contributed by atoms with Gasteiger partial charge in [-0.1, -0.05) is 72.8 Å². The zero-order valence-electron chi connectivity index (χ0n) is 12.6. The quantitative estimate of drug-likeness (QED) is 0.494. The third kappa shape index (κ3) is 3.43. The van der Waals surface area contributed by atoms with Crippen molar-refractivity contribution in [3.8, 4) is 0 Å². The highest BCUT2D eigenvalue weighted by Crippen LogP contribution is 2.20. The van der Waals surface area contributed by atoms with Gasteiger partial charge < -0.3 is 0 Å². The predicted molar refractivity (Wildman–Crippen MR) is 93.8 cm³/mol. The molecule has 3 rings (SSSR count). The van der Waals surface area contributed by atoms with Crippen LogP contribution >= 0.6 is 0 Å². The van der Waals surface area contributed by atoms with Gasteiger partial charge in [-0.15, -0.1) is 0 Å². The first kappa shape index (κ1) is 14.9. The maximum atomic E-state index is 12.2. The first-order valence-electron chi connectivity index (χ1n) is 7.51. The Labute approximate surface area is 135 Å². The molecule has 0 aliphatic rings. The van der Waals surface area contributed by atoms with E-state index < -0.39 is 0 Å². The van der Waals surface area contributed by atoms with E-state index in [9.17, 15) is 9.59 Å². The predicted octanol–water partition coefficient (Wildman–Crippen LogP) is 4.94. The van der Waals surface area contributed by atoms with E-state index in [-0.39, 0.29) is 5.78 Å². The fourth-order valence-electron chi connectivity index (χ4n) is 2.59. The molecule has 0 N–H and O–H groups in total. The molecule has 0 heterocycles. The van der Waals surface area contributed by atoms with Gasteiger partial charge in [-0.25, -0.2) is 0 Å². The summed E-state index contributed by atoms with van der Waals surface area (Å²) in [7, 11) is 0. The average Bonchev–Trinajstić information content (AvgIpc) is 2.62. The lowest BCUT2D eigenvalue weighted by molar-refractivity contribution is 0.0996. The number of benzene rings is 3. The minimum atomic E-state index is 0.00480. The average molecular weight is 300 g/mol. The van der Waals surface area contributed by atoms with E-state index in [1.807, 2.05) is 36.4 Å². The number of hydrogen-bond acceptors (Lipinski definition) is 2. The minimum Gasteiger partial charge on any atom is -0.298 e. The van der Waals surface area contributed by atoms with Gasteiger partial charge in [0, 0.05) is 17.5 Å². The lowest BCUT2D eigenvalue weighted by atomic mass is 10.0. The van der Waals surface area contributed by atoms with Crippen LogP contribution in [0, 0.1) is 0 Å². The number of carbonyl (C=O) groups excluding carboxylic acids is 2. The molecular formula is C21H16O2. The van der Waals surface area contributed by atoms with Gasteiger partial charge in [0.1, 0.15) is 6.29 Å². The van der Waals surface area contributed by atoms with Crippen molar-refractivity contribution in [3.05, 3.63) is 89.5 Å². The summed E-state index contributed by atoms with van der Waals surface area (Å²) in [6.07, 6.45) is 4.91. The number of allylic oxidation sites excluding steroid dienone is 1. The Morgan fingerprint density at radius 2 is 1.70 bits per heavy atom. The first-order chi connectivity index (χ1) is 11.3. The molecule has 0 aliphatic carbocycles. The van der Waals surface area contributed by atoms with Crippen molar-refractivity contribution in [2.24, 2.45) is 0 Å². The van der Waals surface area contributed by atoms with Gasteiger partial charge in [0.15, 0.2) is 5.78 Å². The van der Waals surface area contributed by atoms with Gasteiger partial charge in [-0.3, -0.25) is 9.59 Å². The molecule has 0 atom stereocenters. The van der Waals surface area contributed by atoms with Crippen LogP contribution in [0.2, 0.25) is 0 Å². The summed E-state index contributed by atoms with van der Waals surface area (Å²) in [6.45, 7) is 0. The third-order valence-corrected chi connectivity index (χ3v) is 3.77. The molecule has 0 spiro atoms. The highest BCUT2D eigenvalue weighted by Gasteiger charge is 2.04. The van der Waals surface area contributed by atoms with Gasteiger partial charge in [0.25, 0.3) is 0 Å². The molecule has 3 aromatic rings. The van der Waals surface area contributed by atoms with Crippen LogP contribution < -0.4 is 0 Å². The molecule has 2 heteroatoms. The van der Waals surface area contributed by atoms with E-state index in [4.69, 9.17) is 0 Å². The number of ketones is 1.